The SMILES string of the molecule is CC(Cc1ccc(O)cc1)C1(C)CCCCC1. The summed E-state index contributed by atoms with van der Waals surface area (Å²) in [5.41, 5.74) is 1.87. The maximum atomic E-state index is 9.29. The molecule has 1 heteroatoms. The highest BCUT2D eigenvalue weighted by atomic mass is 16.3. The van der Waals surface area contributed by atoms with Crippen LogP contribution in [0.5, 0.6) is 5.75 Å². The van der Waals surface area contributed by atoms with Gasteiger partial charge in [-0.2, -0.15) is 0 Å². The summed E-state index contributed by atoms with van der Waals surface area (Å²) in [6, 6.07) is 7.70. The van der Waals surface area contributed by atoms with E-state index in [-0.39, 0.29) is 0 Å². The second-order valence-electron chi connectivity index (χ2n) is 5.99. The van der Waals surface area contributed by atoms with Crippen molar-refractivity contribution in [2.24, 2.45) is 11.3 Å². The summed E-state index contributed by atoms with van der Waals surface area (Å²) in [7, 11) is 0. The van der Waals surface area contributed by atoms with Crippen molar-refractivity contribution in [3.8, 4) is 5.75 Å². The molecule has 0 spiro atoms. The highest BCUT2D eigenvalue weighted by Gasteiger charge is 2.32. The van der Waals surface area contributed by atoms with Crippen molar-refractivity contribution in [1.82, 2.24) is 0 Å². The Morgan fingerprint density at radius 3 is 2.29 bits per heavy atom. The van der Waals surface area contributed by atoms with Gasteiger partial charge in [0.2, 0.25) is 0 Å². The van der Waals surface area contributed by atoms with E-state index in [1.807, 2.05) is 0 Å². The Kier molecular flexibility index (Phi) is 3.76. The molecule has 17 heavy (non-hydrogen) atoms. The predicted molar refractivity (Wildman–Crippen MR) is 72.2 cm³/mol. The second kappa shape index (κ2) is 5.12. The van der Waals surface area contributed by atoms with Crippen LogP contribution in [0.2, 0.25) is 0 Å². The lowest BCUT2D eigenvalue weighted by molar-refractivity contribution is 0.130. The van der Waals surface area contributed by atoms with Crippen LogP contribution in [0, 0.1) is 11.3 Å². The standard InChI is InChI=1S/C16H24O/c1-13(16(2)10-4-3-5-11-16)12-14-6-8-15(17)9-7-14/h6-9,13,17H,3-5,10-12H2,1-2H3. The molecule has 1 aromatic carbocycles. The van der Waals surface area contributed by atoms with Crippen molar-refractivity contribution in [3.63, 3.8) is 0 Å². The van der Waals surface area contributed by atoms with E-state index in [4.69, 9.17) is 0 Å². The van der Waals surface area contributed by atoms with Crippen molar-refractivity contribution in [2.45, 2.75) is 52.4 Å². The Morgan fingerprint density at radius 2 is 1.71 bits per heavy atom. The molecule has 1 aromatic rings. The summed E-state index contributed by atoms with van der Waals surface area (Å²) in [6.07, 6.45) is 8.11. The van der Waals surface area contributed by atoms with Gasteiger partial charge in [-0.1, -0.05) is 45.2 Å². The van der Waals surface area contributed by atoms with Crippen molar-refractivity contribution >= 4 is 0 Å². The Hall–Kier alpha value is -0.980. The van der Waals surface area contributed by atoms with E-state index in [1.54, 1.807) is 12.1 Å². The average Bonchev–Trinajstić information content (AvgIpc) is 2.33. The molecule has 0 aliphatic heterocycles. The fourth-order valence-corrected chi connectivity index (χ4v) is 3.08. The van der Waals surface area contributed by atoms with E-state index in [0.29, 0.717) is 11.2 Å². The number of hydrogen-bond acceptors (Lipinski definition) is 1. The number of hydrogen-bond donors (Lipinski definition) is 1. The summed E-state index contributed by atoms with van der Waals surface area (Å²) < 4.78 is 0. The highest BCUT2D eigenvalue weighted by molar-refractivity contribution is 5.26. The molecule has 1 atom stereocenters. The van der Waals surface area contributed by atoms with Gasteiger partial charge in [-0.15, -0.1) is 0 Å². The molecular weight excluding hydrogens is 208 g/mol. The van der Waals surface area contributed by atoms with E-state index in [9.17, 15) is 5.11 Å². The zero-order valence-electron chi connectivity index (χ0n) is 11.1. The minimum absolute atomic E-state index is 0.366. The van der Waals surface area contributed by atoms with E-state index in [1.165, 1.54) is 37.7 Å². The third-order valence-corrected chi connectivity index (χ3v) is 4.66. The van der Waals surface area contributed by atoms with Crippen molar-refractivity contribution in [3.05, 3.63) is 29.8 Å². The number of aromatic hydroxyl groups is 1. The molecule has 1 fully saturated rings. The fourth-order valence-electron chi connectivity index (χ4n) is 3.08. The van der Waals surface area contributed by atoms with E-state index < -0.39 is 0 Å². The van der Waals surface area contributed by atoms with Crippen LogP contribution in [0.25, 0.3) is 0 Å². The monoisotopic (exact) mass is 232 g/mol. The van der Waals surface area contributed by atoms with Crippen LogP contribution >= 0.6 is 0 Å². The first-order valence-corrected chi connectivity index (χ1v) is 6.88. The van der Waals surface area contributed by atoms with Gasteiger partial charge in [0.15, 0.2) is 0 Å². The molecule has 0 bridgehead atoms. The van der Waals surface area contributed by atoms with E-state index in [2.05, 4.69) is 26.0 Å². The van der Waals surface area contributed by atoms with Gasteiger partial charge in [0.05, 0.1) is 0 Å². The molecule has 0 amide bonds. The van der Waals surface area contributed by atoms with Crippen LogP contribution in [0.3, 0.4) is 0 Å². The van der Waals surface area contributed by atoms with E-state index in [0.717, 1.165) is 12.3 Å². The third kappa shape index (κ3) is 3.02. The van der Waals surface area contributed by atoms with Crippen molar-refractivity contribution in [1.29, 1.82) is 0 Å². The molecular formula is C16H24O. The van der Waals surface area contributed by atoms with Crippen LogP contribution in [0.1, 0.15) is 51.5 Å². The topological polar surface area (TPSA) is 20.2 Å². The van der Waals surface area contributed by atoms with Crippen molar-refractivity contribution < 1.29 is 5.11 Å². The summed E-state index contributed by atoms with van der Waals surface area (Å²) >= 11 is 0. The molecule has 0 radical (unpaired) electrons. The van der Waals surface area contributed by atoms with Crippen LogP contribution < -0.4 is 0 Å². The zero-order valence-corrected chi connectivity index (χ0v) is 11.1. The maximum absolute atomic E-state index is 9.29. The van der Waals surface area contributed by atoms with Gasteiger partial charge in [0.1, 0.15) is 5.75 Å². The highest BCUT2D eigenvalue weighted by Crippen LogP contribution is 2.43. The molecule has 0 saturated heterocycles. The van der Waals surface area contributed by atoms with Crippen LogP contribution in [0.4, 0.5) is 0 Å². The maximum Gasteiger partial charge on any atom is 0.115 e. The van der Waals surface area contributed by atoms with Gasteiger partial charge in [0, 0.05) is 0 Å². The second-order valence-corrected chi connectivity index (χ2v) is 5.99. The van der Waals surface area contributed by atoms with Gasteiger partial charge >= 0.3 is 0 Å². The smallest absolute Gasteiger partial charge is 0.115 e. The Balaban J connectivity index is 2.00. The van der Waals surface area contributed by atoms with Gasteiger partial charge in [-0.25, -0.2) is 0 Å². The molecule has 0 heterocycles. The van der Waals surface area contributed by atoms with Gasteiger partial charge < -0.3 is 5.11 Å². The van der Waals surface area contributed by atoms with Gasteiger partial charge in [-0.3, -0.25) is 0 Å². The molecule has 1 saturated carbocycles. The number of phenolic OH excluding ortho intramolecular Hbond substituents is 1. The Bertz CT molecular complexity index is 346. The fraction of sp³-hybridized carbons (Fsp3) is 0.625. The first-order chi connectivity index (χ1) is 8.10. The molecule has 1 aliphatic rings. The molecule has 0 aromatic heterocycles. The largest absolute Gasteiger partial charge is 0.508 e. The third-order valence-electron chi connectivity index (χ3n) is 4.66. The molecule has 1 aliphatic carbocycles. The average molecular weight is 232 g/mol. The Labute approximate surface area is 105 Å². The molecule has 2 rings (SSSR count). The normalized spacial score (nSPS) is 21.1. The lowest BCUT2D eigenvalue weighted by atomic mass is 9.66. The minimum Gasteiger partial charge on any atom is -0.508 e. The van der Waals surface area contributed by atoms with Gasteiger partial charge in [0.25, 0.3) is 0 Å². The summed E-state index contributed by atoms with van der Waals surface area (Å²) in [6.45, 7) is 4.84. The predicted octanol–water partition coefficient (Wildman–Crippen LogP) is 4.54. The van der Waals surface area contributed by atoms with Crippen LogP contribution in [-0.2, 0) is 6.42 Å². The molecule has 1 nitrogen and oxygen atoms in total. The minimum atomic E-state index is 0.366. The Morgan fingerprint density at radius 1 is 1.12 bits per heavy atom. The van der Waals surface area contributed by atoms with E-state index >= 15 is 0 Å². The lowest BCUT2D eigenvalue weighted by Crippen LogP contribution is -2.29. The number of rotatable bonds is 3. The molecule has 1 N–H and O–H groups in total. The number of phenols is 1. The quantitative estimate of drug-likeness (QED) is 0.811. The van der Waals surface area contributed by atoms with Crippen LogP contribution in [0.15, 0.2) is 24.3 Å². The van der Waals surface area contributed by atoms with Crippen LogP contribution in [-0.4, -0.2) is 5.11 Å². The first kappa shape index (κ1) is 12.5. The lowest BCUT2D eigenvalue weighted by Gasteiger charge is -2.39. The van der Waals surface area contributed by atoms with Gasteiger partial charge in [-0.05, 0) is 48.3 Å². The summed E-state index contributed by atoms with van der Waals surface area (Å²) in [5, 5.41) is 9.29. The van der Waals surface area contributed by atoms with Crippen molar-refractivity contribution in [2.75, 3.05) is 0 Å². The molecule has 94 valence electrons. The molecule has 1 unspecified atom stereocenters. The zero-order chi connectivity index (χ0) is 12.3. The summed E-state index contributed by atoms with van der Waals surface area (Å²) in [4.78, 5) is 0. The first-order valence-electron chi connectivity index (χ1n) is 6.88. The summed E-state index contributed by atoms with van der Waals surface area (Å²) in [5.74, 6) is 1.10. The number of benzene rings is 1.